The van der Waals surface area contributed by atoms with Gasteiger partial charge in [0.25, 0.3) is 0 Å². The van der Waals surface area contributed by atoms with Crippen molar-refractivity contribution in [3.05, 3.63) is 29.3 Å². The Hall–Kier alpha value is -1.30. The number of anilines is 1. The van der Waals surface area contributed by atoms with Gasteiger partial charge in [0, 0.05) is 26.2 Å². The first kappa shape index (κ1) is 16.1. The summed E-state index contributed by atoms with van der Waals surface area (Å²) in [5.74, 6) is 0. The average molecular weight is 312 g/mol. The van der Waals surface area contributed by atoms with Crippen LogP contribution in [0.2, 0.25) is 5.02 Å². The maximum Gasteiger partial charge on any atom is 0.319 e. The molecule has 0 saturated carbocycles. The Morgan fingerprint density at radius 1 is 1.48 bits per heavy atom. The van der Waals surface area contributed by atoms with Gasteiger partial charge in [0.15, 0.2) is 0 Å². The number of nitrogens with one attached hydrogen (secondary N) is 2. The maximum atomic E-state index is 11.9. The summed E-state index contributed by atoms with van der Waals surface area (Å²) in [5, 5.41) is 6.22. The first-order valence-electron chi connectivity index (χ1n) is 7.23. The monoisotopic (exact) mass is 311 g/mol. The number of rotatable bonds is 6. The van der Waals surface area contributed by atoms with Crippen molar-refractivity contribution in [3.8, 4) is 0 Å². The van der Waals surface area contributed by atoms with Crippen LogP contribution in [0.3, 0.4) is 0 Å². The Bertz CT molecular complexity index is 470. The van der Waals surface area contributed by atoms with E-state index in [1.54, 1.807) is 19.2 Å². The highest BCUT2D eigenvalue weighted by Crippen LogP contribution is 2.20. The van der Waals surface area contributed by atoms with Crippen molar-refractivity contribution in [2.45, 2.75) is 18.9 Å². The normalized spacial score (nSPS) is 18.7. The van der Waals surface area contributed by atoms with Gasteiger partial charge in [0.1, 0.15) is 0 Å². The lowest BCUT2D eigenvalue weighted by molar-refractivity contribution is 0.140. The molecular formula is C15H22ClN3O2. The van der Waals surface area contributed by atoms with Crippen LogP contribution in [0.4, 0.5) is 10.5 Å². The van der Waals surface area contributed by atoms with Crippen LogP contribution < -0.4 is 10.6 Å². The third-order valence-electron chi connectivity index (χ3n) is 3.70. The van der Waals surface area contributed by atoms with Gasteiger partial charge in [-0.15, -0.1) is 0 Å². The lowest BCUT2D eigenvalue weighted by Crippen LogP contribution is -2.42. The molecule has 0 aromatic heterocycles. The molecule has 116 valence electrons. The fourth-order valence-electron chi connectivity index (χ4n) is 2.57. The summed E-state index contributed by atoms with van der Waals surface area (Å²) in [6.45, 7) is 3.35. The number of urea groups is 1. The minimum absolute atomic E-state index is 0.221. The minimum atomic E-state index is -0.221. The number of ether oxygens (including phenoxy) is 1. The number of carbonyl (C=O) groups is 1. The van der Waals surface area contributed by atoms with Crippen molar-refractivity contribution in [2.75, 3.05) is 38.7 Å². The number of carbonyl (C=O) groups excluding carboxylic acids is 1. The number of likely N-dealkylation sites (tertiary alicyclic amines) is 1. The molecule has 0 spiro atoms. The Morgan fingerprint density at radius 3 is 3.05 bits per heavy atom. The molecule has 0 unspecified atom stereocenters. The smallest absolute Gasteiger partial charge is 0.319 e. The van der Waals surface area contributed by atoms with Crippen molar-refractivity contribution in [2.24, 2.45) is 0 Å². The predicted octanol–water partition coefficient (Wildman–Crippen LogP) is 2.57. The molecule has 1 aliphatic rings. The molecule has 0 aliphatic carbocycles. The number of amides is 2. The first-order chi connectivity index (χ1) is 10.2. The molecular weight excluding hydrogens is 290 g/mol. The van der Waals surface area contributed by atoms with Crippen LogP contribution in [0, 0.1) is 0 Å². The summed E-state index contributed by atoms with van der Waals surface area (Å²) >= 11 is 6.01. The molecule has 0 bridgehead atoms. The van der Waals surface area contributed by atoms with E-state index in [1.807, 2.05) is 12.1 Å². The van der Waals surface area contributed by atoms with Gasteiger partial charge < -0.3 is 15.4 Å². The molecule has 2 rings (SSSR count). The molecule has 1 aromatic carbocycles. The van der Waals surface area contributed by atoms with E-state index in [0.29, 0.717) is 23.3 Å². The summed E-state index contributed by atoms with van der Waals surface area (Å²) in [5.41, 5.74) is 0.624. The van der Waals surface area contributed by atoms with Gasteiger partial charge in [0.2, 0.25) is 0 Å². The van der Waals surface area contributed by atoms with Crippen molar-refractivity contribution < 1.29 is 9.53 Å². The minimum Gasteiger partial charge on any atom is -0.383 e. The quantitative estimate of drug-likeness (QED) is 0.849. The maximum absolute atomic E-state index is 11.9. The number of para-hydroxylation sites is 1. The standard InChI is InChI=1S/C15H22ClN3O2/c1-21-10-9-19-8-4-5-12(19)11-17-15(20)18-14-7-3-2-6-13(14)16/h2-3,6-7,12H,4-5,8-11H2,1H3,(H2,17,18,20)/t12-/m0/s1. The van der Waals surface area contributed by atoms with Crippen LogP contribution in [-0.4, -0.2) is 50.3 Å². The second-order valence-corrected chi connectivity index (χ2v) is 5.55. The lowest BCUT2D eigenvalue weighted by atomic mass is 10.2. The number of hydrogen-bond donors (Lipinski definition) is 2. The van der Waals surface area contributed by atoms with Crippen LogP contribution in [0.25, 0.3) is 0 Å². The van der Waals surface area contributed by atoms with E-state index in [2.05, 4.69) is 15.5 Å². The average Bonchev–Trinajstić information content (AvgIpc) is 2.93. The highest BCUT2D eigenvalue weighted by atomic mass is 35.5. The summed E-state index contributed by atoms with van der Waals surface area (Å²) in [6, 6.07) is 7.37. The van der Waals surface area contributed by atoms with E-state index in [-0.39, 0.29) is 6.03 Å². The zero-order chi connectivity index (χ0) is 15.1. The van der Waals surface area contributed by atoms with Crippen LogP contribution >= 0.6 is 11.6 Å². The van der Waals surface area contributed by atoms with Crippen molar-refractivity contribution in [1.29, 1.82) is 0 Å². The second-order valence-electron chi connectivity index (χ2n) is 5.14. The Kier molecular flexibility index (Phi) is 6.29. The van der Waals surface area contributed by atoms with E-state index in [1.165, 1.54) is 6.42 Å². The van der Waals surface area contributed by atoms with Gasteiger partial charge in [-0.1, -0.05) is 23.7 Å². The van der Waals surface area contributed by atoms with Gasteiger partial charge >= 0.3 is 6.03 Å². The zero-order valence-electron chi connectivity index (χ0n) is 12.3. The molecule has 2 N–H and O–H groups in total. The zero-order valence-corrected chi connectivity index (χ0v) is 13.0. The summed E-state index contributed by atoms with van der Waals surface area (Å²) in [4.78, 5) is 14.3. The number of halogens is 1. The van der Waals surface area contributed by atoms with Crippen LogP contribution in [-0.2, 0) is 4.74 Å². The fraction of sp³-hybridized carbons (Fsp3) is 0.533. The predicted molar refractivity (Wildman–Crippen MR) is 84.9 cm³/mol. The van der Waals surface area contributed by atoms with E-state index < -0.39 is 0 Å². The molecule has 1 fully saturated rings. The summed E-state index contributed by atoms with van der Waals surface area (Å²) in [7, 11) is 1.71. The van der Waals surface area contributed by atoms with Gasteiger partial charge in [-0.3, -0.25) is 4.90 Å². The number of nitrogens with zero attached hydrogens (tertiary/aromatic N) is 1. The topological polar surface area (TPSA) is 53.6 Å². The number of benzene rings is 1. The van der Waals surface area contributed by atoms with Gasteiger partial charge in [-0.05, 0) is 31.5 Å². The van der Waals surface area contributed by atoms with Crippen molar-refractivity contribution in [3.63, 3.8) is 0 Å². The molecule has 21 heavy (non-hydrogen) atoms. The molecule has 2 amide bonds. The van der Waals surface area contributed by atoms with E-state index in [9.17, 15) is 4.79 Å². The molecule has 1 atom stereocenters. The fourth-order valence-corrected chi connectivity index (χ4v) is 2.75. The van der Waals surface area contributed by atoms with Gasteiger partial charge in [-0.25, -0.2) is 4.79 Å². The Labute approximate surface area is 130 Å². The SMILES string of the molecule is COCCN1CCC[C@H]1CNC(=O)Nc1ccccc1Cl. The summed E-state index contributed by atoms with van der Waals surface area (Å²) in [6.07, 6.45) is 2.28. The molecule has 1 aromatic rings. The lowest BCUT2D eigenvalue weighted by Gasteiger charge is -2.24. The highest BCUT2D eigenvalue weighted by molar-refractivity contribution is 6.33. The van der Waals surface area contributed by atoms with Gasteiger partial charge in [0.05, 0.1) is 17.3 Å². The van der Waals surface area contributed by atoms with Crippen LogP contribution in [0.15, 0.2) is 24.3 Å². The van der Waals surface area contributed by atoms with E-state index in [4.69, 9.17) is 16.3 Å². The molecule has 1 saturated heterocycles. The van der Waals surface area contributed by atoms with Crippen LogP contribution in [0.1, 0.15) is 12.8 Å². The van der Waals surface area contributed by atoms with E-state index >= 15 is 0 Å². The van der Waals surface area contributed by atoms with E-state index in [0.717, 1.165) is 26.1 Å². The molecule has 0 radical (unpaired) electrons. The first-order valence-corrected chi connectivity index (χ1v) is 7.61. The van der Waals surface area contributed by atoms with Crippen LogP contribution in [0.5, 0.6) is 0 Å². The molecule has 1 heterocycles. The molecule has 5 nitrogen and oxygen atoms in total. The Balaban J connectivity index is 1.77. The Morgan fingerprint density at radius 2 is 2.29 bits per heavy atom. The highest BCUT2D eigenvalue weighted by Gasteiger charge is 2.24. The number of methoxy groups -OCH3 is 1. The van der Waals surface area contributed by atoms with Gasteiger partial charge in [-0.2, -0.15) is 0 Å². The molecule has 1 aliphatic heterocycles. The second kappa shape index (κ2) is 8.22. The van der Waals surface area contributed by atoms with Crippen molar-refractivity contribution in [1.82, 2.24) is 10.2 Å². The largest absolute Gasteiger partial charge is 0.383 e. The summed E-state index contributed by atoms with van der Waals surface area (Å²) < 4.78 is 5.11. The number of hydrogen-bond acceptors (Lipinski definition) is 3. The third-order valence-corrected chi connectivity index (χ3v) is 4.03. The molecule has 6 heteroatoms. The van der Waals surface area contributed by atoms with Crippen molar-refractivity contribution >= 4 is 23.3 Å². The third kappa shape index (κ3) is 4.88.